The average Bonchev–Trinajstić information content (AvgIpc) is 3.62. The Hall–Kier alpha value is 0. The zero-order valence-corrected chi connectivity index (χ0v) is 40.3. The zero-order valence-electron chi connectivity index (χ0n) is 40.3. The Balaban J connectivity index is 0.875. The van der Waals surface area contributed by atoms with Crippen molar-refractivity contribution >= 4 is 0 Å². The molecule has 12 aliphatic carbocycles. The maximum Gasteiger partial charge on any atom is -0.0321 e. The van der Waals surface area contributed by atoms with Gasteiger partial charge in [0.25, 0.3) is 0 Å². The summed E-state index contributed by atoms with van der Waals surface area (Å²) in [6.07, 6.45) is 63.2. The van der Waals surface area contributed by atoms with Gasteiger partial charge in [-0.05, 0) is 220 Å². The Morgan fingerprint density at radius 1 is 0.131 bits per heavy atom. The standard InChI is InChI=1S/C61H100/c1-2-5-21-42(20-4-1)58-50-28-12-14-30-52(50)60(48-32-16-24-40-18-8-10-26-46(40)48)56-38-44(34-36-54(56)58)45-35-37-55-57(39-45)61(49-33-17-25-41-19-9-11-27-47(41)49)53-31-15-13-29-51(53)59(55)43-22-6-3-7-23-43/h40-61H,1-39H2/t40-,41?,44+,45?,46?,47?,48+,49+,50?,51?,52?,53-,54-,55-,56?,57?,58?,59+,60-,61?/m1/s1. The lowest BCUT2D eigenvalue weighted by Gasteiger charge is -2.64. The summed E-state index contributed by atoms with van der Waals surface area (Å²) in [4.78, 5) is 0. The second-order valence-electron chi connectivity index (χ2n) is 27.1. The largest absolute Gasteiger partial charge is 0.0533 e. The fraction of sp³-hybridized carbons (Fsp3) is 1.00. The minimum Gasteiger partial charge on any atom is -0.0533 e. The quantitative estimate of drug-likeness (QED) is 0.242. The summed E-state index contributed by atoms with van der Waals surface area (Å²) in [6, 6.07) is 0. The highest BCUT2D eigenvalue weighted by atomic mass is 14.7. The van der Waals surface area contributed by atoms with Crippen LogP contribution in [0.5, 0.6) is 0 Å². The highest BCUT2D eigenvalue weighted by Gasteiger charge is 2.60. The molecule has 0 nitrogen and oxygen atoms in total. The summed E-state index contributed by atoms with van der Waals surface area (Å²) in [7, 11) is 0. The van der Waals surface area contributed by atoms with Gasteiger partial charge in [-0.1, -0.05) is 161 Å². The van der Waals surface area contributed by atoms with Crippen LogP contribution in [0.25, 0.3) is 0 Å². The van der Waals surface area contributed by atoms with Crippen molar-refractivity contribution in [1.82, 2.24) is 0 Å². The van der Waals surface area contributed by atoms with Crippen molar-refractivity contribution in [1.29, 1.82) is 0 Å². The van der Waals surface area contributed by atoms with Crippen LogP contribution in [0, 0.1) is 130 Å². The van der Waals surface area contributed by atoms with E-state index in [0.717, 1.165) is 130 Å². The first kappa shape index (κ1) is 42.4. The monoisotopic (exact) mass is 833 g/mol. The number of fused-ring (bicyclic) bond motifs is 6. The van der Waals surface area contributed by atoms with Crippen molar-refractivity contribution in [2.24, 2.45) is 130 Å². The molecule has 20 atom stereocenters. The molecule has 12 saturated carbocycles. The molecule has 0 bridgehead atoms. The molecule has 344 valence electrons. The second kappa shape index (κ2) is 18.9. The third kappa shape index (κ3) is 7.98. The molecular formula is C61H100. The van der Waals surface area contributed by atoms with Crippen LogP contribution >= 0.6 is 0 Å². The van der Waals surface area contributed by atoms with E-state index < -0.39 is 0 Å². The third-order valence-electron chi connectivity index (χ3n) is 25.3. The predicted molar refractivity (Wildman–Crippen MR) is 257 cm³/mol. The summed E-state index contributed by atoms with van der Waals surface area (Å²) in [5.41, 5.74) is 0. The average molecular weight is 833 g/mol. The molecule has 12 aliphatic rings. The molecule has 61 heavy (non-hydrogen) atoms. The highest BCUT2D eigenvalue weighted by Crippen LogP contribution is 2.68. The van der Waals surface area contributed by atoms with E-state index in [1.807, 2.05) is 0 Å². The molecule has 0 saturated heterocycles. The summed E-state index contributed by atoms with van der Waals surface area (Å²) >= 11 is 0. The van der Waals surface area contributed by atoms with E-state index in [2.05, 4.69) is 0 Å². The molecule has 0 aromatic heterocycles. The third-order valence-corrected chi connectivity index (χ3v) is 25.3. The Labute approximate surface area is 379 Å². The first-order valence-corrected chi connectivity index (χ1v) is 30.3. The Morgan fingerprint density at radius 3 is 0.820 bits per heavy atom. The van der Waals surface area contributed by atoms with E-state index in [0.29, 0.717) is 0 Å². The van der Waals surface area contributed by atoms with Crippen molar-refractivity contribution in [2.75, 3.05) is 0 Å². The molecule has 0 spiro atoms. The minimum atomic E-state index is 1.09. The molecule has 0 radical (unpaired) electrons. The van der Waals surface area contributed by atoms with Gasteiger partial charge in [-0.2, -0.15) is 0 Å². The summed E-state index contributed by atoms with van der Waals surface area (Å²) in [6.45, 7) is 0. The van der Waals surface area contributed by atoms with Crippen LogP contribution in [0.15, 0.2) is 0 Å². The smallest absolute Gasteiger partial charge is 0.0321 e. The van der Waals surface area contributed by atoms with Crippen molar-refractivity contribution in [3.8, 4) is 0 Å². The number of hydrogen-bond acceptors (Lipinski definition) is 0. The topological polar surface area (TPSA) is 0 Å². The second-order valence-corrected chi connectivity index (χ2v) is 27.1. The van der Waals surface area contributed by atoms with Gasteiger partial charge in [-0.15, -0.1) is 0 Å². The van der Waals surface area contributed by atoms with Gasteiger partial charge in [-0.3, -0.25) is 0 Å². The molecule has 0 amide bonds. The van der Waals surface area contributed by atoms with E-state index in [4.69, 9.17) is 0 Å². The minimum absolute atomic E-state index is 1.09. The first-order chi connectivity index (χ1) is 30.3. The van der Waals surface area contributed by atoms with Gasteiger partial charge in [0.2, 0.25) is 0 Å². The molecule has 0 heterocycles. The first-order valence-electron chi connectivity index (χ1n) is 30.3. The lowest BCUT2D eigenvalue weighted by molar-refractivity contribution is -0.151. The van der Waals surface area contributed by atoms with Crippen molar-refractivity contribution < 1.29 is 0 Å². The lowest BCUT2D eigenvalue weighted by atomic mass is 9.41. The van der Waals surface area contributed by atoms with Crippen LogP contribution < -0.4 is 0 Å². The van der Waals surface area contributed by atoms with Gasteiger partial charge in [-0.25, -0.2) is 0 Å². The molecule has 0 aliphatic heterocycles. The lowest BCUT2D eigenvalue weighted by Crippen LogP contribution is -2.57. The van der Waals surface area contributed by atoms with Crippen molar-refractivity contribution in [3.05, 3.63) is 0 Å². The zero-order chi connectivity index (χ0) is 40.3. The molecule has 0 heteroatoms. The molecule has 0 aromatic carbocycles. The van der Waals surface area contributed by atoms with Crippen LogP contribution in [0.3, 0.4) is 0 Å². The van der Waals surface area contributed by atoms with E-state index in [1.165, 1.54) is 0 Å². The summed E-state index contributed by atoms with van der Waals surface area (Å²) in [5.74, 6) is 24.7. The number of hydrogen-bond donors (Lipinski definition) is 0. The van der Waals surface area contributed by atoms with Gasteiger partial charge in [0.05, 0.1) is 0 Å². The molecule has 0 N–H and O–H groups in total. The van der Waals surface area contributed by atoms with Crippen LogP contribution in [0.2, 0.25) is 0 Å². The van der Waals surface area contributed by atoms with Gasteiger partial charge in [0.15, 0.2) is 0 Å². The Morgan fingerprint density at radius 2 is 0.393 bits per heavy atom. The SMILES string of the molecule is C1CCCC(C2C3CCCCC3[C@@H]([C@H]3CCC[C@H]4CCCCC43)C3C[C@@H](C4CC[C@@H]5C(C4)C([C@H]4CCCC6CCCCC64)[C@@H]4CCCCC4[C@@H]5C4CCCCC4)CC[C@@H]23)CC1. The Kier molecular flexibility index (Phi) is 13.2. The summed E-state index contributed by atoms with van der Waals surface area (Å²) < 4.78 is 0. The van der Waals surface area contributed by atoms with Crippen molar-refractivity contribution in [3.63, 3.8) is 0 Å². The maximum absolute atomic E-state index is 1.73. The van der Waals surface area contributed by atoms with E-state index in [-0.39, 0.29) is 0 Å². The van der Waals surface area contributed by atoms with Gasteiger partial charge < -0.3 is 0 Å². The molecule has 12 fully saturated rings. The van der Waals surface area contributed by atoms with Gasteiger partial charge >= 0.3 is 0 Å². The van der Waals surface area contributed by atoms with Gasteiger partial charge in [0, 0.05) is 0 Å². The van der Waals surface area contributed by atoms with Gasteiger partial charge in [0.1, 0.15) is 0 Å². The van der Waals surface area contributed by atoms with Crippen LogP contribution in [-0.4, -0.2) is 0 Å². The van der Waals surface area contributed by atoms with E-state index in [1.54, 1.807) is 250 Å². The summed E-state index contributed by atoms with van der Waals surface area (Å²) in [5, 5.41) is 0. The fourth-order valence-corrected chi connectivity index (χ4v) is 23.6. The normalized spacial score (nSPS) is 52.5. The van der Waals surface area contributed by atoms with Crippen LogP contribution in [0.4, 0.5) is 0 Å². The molecule has 11 unspecified atom stereocenters. The number of rotatable bonds is 5. The molecule has 0 aromatic rings. The highest BCUT2D eigenvalue weighted by molar-refractivity contribution is 5.09. The predicted octanol–water partition coefficient (Wildman–Crippen LogP) is 17.9. The van der Waals surface area contributed by atoms with Crippen molar-refractivity contribution in [2.45, 2.75) is 250 Å². The van der Waals surface area contributed by atoms with E-state index in [9.17, 15) is 0 Å². The van der Waals surface area contributed by atoms with Crippen LogP contribution in [-0.2, 0) is 0 Å². The van der Waals surface area contributed by atoms with E-state index >= 15 is 0 Å². The maximum atomic E-state index is 1.73. The van der Waals surface area contributed by atoms with Crippen LogP contribution in [0.1, 0.15) is 250 Å². The molecular weight excluding hydrogens is 733 g/mol. The fourth-order valence-electron chi connectivity index (χ4n) is 23.6. The Bertz CT molecular complexity index is 1390. The molecule has 12 rings (SSSR count).